The van der Waals surface area contributed by atoms with Gasteiger partial charge in [-0.1, -0.05) is 45.1 Å². The van der Waals surface area contributed by atoms with Crippen molar-refractivity contribution in [3.63, 3.8) is 0 Å². The molecule has 4 aromatic rings. The van der Waals surface area contributed by atoms with E-state index in [4.69, 9.17) is 5.73 Å². The summed E-state index contributed by atoms with van der Waals surface area (Å²) >= 11 is 0. The minimum atomic E-state index is 0.493. The highest BCUT2D eigenvalue weighted by Crippen LogP contribution is 2.27. The minimum Gasteiger partial charge on any atom is -0.383 e. The van der Waals surface area contributed by atoms with Crippen LogP contribution < -0.4 is 5.73 Å². The van der Waals surface area contributed by atoms with Gasteiger partial charge in [0.1, 0.15) is 17.8 Å². The van der Waals surface area contributed by atoms with Crippen LogP contribution in [0.5, 0.6) is 0 Å². The zero-order valence-corrected chi connectivity index (χ0v) is 15.7. The van der Waals surface area contributed by atoms with Crippen molar-refractivity contribution < 1.29 is 0 Å². The first-order valence-corrected chi connectivity index (χ1v) is 9.64. The van der Waals surface area contributed by atoms with Crippen LogP contribution in [-0.2, 0) is 0 Å². The number of fused-ring (bicyclic) bond motifs is 2. The molecule has 0 aliphatic heterocycles. The summed E-state index contributed by atoms with van der Waals surface area (Å²) in [5, 5.41) is 1.94. The Morgan fingerprint density at radius 3 is 2.59 bits per heavy atom. The van der Waals surface area contributed by atoms with Crippen molar-refractivity contribution in [2.45, 2.75) is 39.0 Å². The molecule has 1 fully saturated rings. The van der Waals surface area contributed by atoms with E-state index in [0.29, 0.717) is 5.82 Å². The Hall–Kier alpha value is -2.95. The van der Waals surface area contributed by atoms with Gasteiger partial charge in [0, 0.05) is 28.7 Å². The van der Waals surface area contributed by atoms with E-state index < -0.39 is 0 Å². The van der Waals surface area contributed by atoms with Crippen LogP contribution in [0.15, 0.2) is 49.1 Å². The highest BCUT2D eigenvalue weighted by atomic mass is 14.9. The predicted molar refractivity (Wildman–Crippen MR) is 111 cm³/mol. The molecular weight excluding hydrogens is 334 g/mol. The lowest BCUT2D eigenvalue weighted by Gasteiger charge is -2.15. The molecule has 5 rings (SSSR count). The highest BCUT2D eigenvalue weighted by Gasteiger charge is 2.06. The van der Waals surface area contributed by atoms with E-state index in [1.54, 1.807) is 0 Å². The van der Waals surface area contributed by atoms with Gasteiger partial charge in [-0.05, 0) is 35.7 Å². The zero-order valence-electron chi connectivity index (χ0n) is 15.7. The van der Waals surface area contributed by atoms with Crippen LogP contribution in [0, 0.1) is 5.92 Å². The number of hydrogen-bond acceptors (Lipinski definition) is 4. The number of hydrogen-bond donors (Lipinski definition) is 2. The largest absolute Gasteiger partial charge is 0.383 e. The molecule has 1 saturated carbocycles. The van der Waals surface area contributed by atoms with Crippen LogP contribution in [-0.4, -0.2) is 19.9 Å². The topological polar surface area (TPSA) is 80.5 Å². The lowest BCUT2D eigenvalue weighted by molar-refractivity contribution is 0.385. The van der Waals surface area contributed by atoms with E-state index in [0.717, 1.165) is 39.0 Å². The molecule has 5 nitrogen and oxygen atoms in total. The molecule has 5 heteroatoms. The summed E-state index contributed by atoms with van der Waals surface area (Å²) in [6.45, 7) is 2.36. The van der Waals surface area contributed by atoms with Crippen molar-refractivity contribution in [1.82, 2.24) is 19.9 Å². The Morgan fingerprint density at radius 1 is 0.963 bits per heavy atom. The van der Waals surface area contributed by atoms with Gasteiger partial charge in [0.25, 0.3) is 0 Å². The number of nitrogens with two attached hydrogens (primary N) is 1. The molecule has 1 aromatic carbocycles. The average Bonchev–Trinajstić information content (AvgIpc) is 3.17. The molecule has 0 atom stereocenters. The SMILES string of the molecule is CC1CCCCC1.Nc1ncnc2ccc(-c3cnc4[nH]ccc4c3)cc12. The molecule has 0 saturated heterocycles. The lowest BCUT2D eigenvalue weighted by Crippen LogP contribution is -1.99. The second-order valence-corrected chi connectivity index (χ2v) is 7.37. The number of nitrogen functional groups attached to an aromatic ring is 1. The van der Waals surface area contributed by atoms with Crippen molar-refractivity contribution >= 4 is 27.8 Å². The Kier molecular flexibility index (Phi) is 5.01. The third-order valence-electron chi connectivity index (χ3n) is 5.29. The summed E-state index contributed by atoms with van der Waals surface area (Å²) in [6, 6.07) is 10.1. The monoisotopic (exact) mass is 359 g/mol. The van der Waals surface area contributed by atoms with E-state index in [2.05, 4.69) is 32.9 Å². The smallest absolute Gasteiger partial charge is 0.137 e. The maximum atomic E-state index is 5.91. The molecule has 0 unspecified atom stereocenters. The number of anilines is 1. The molecule has 3 N–H and O–H groups in total. The van der Waals surface area contributed by atoms with E-state index >= 15 is 0 Å². The molecule has 138 valence electrons. The molecule has 27 heavy (non-hydrogen) atoms. The van der Waals surface area contributed by atoms with Crippen molar-refractivity contribution in [3.05, 3.63) is 49.1 Å². The summed E-state index contributed by atoms with van der Waals surface area (Å²) in [7, 11) is 0. The summed E-state index contributed by atoms with van der Waals surface area (Å²) in [5.74, 6) is 1.53. The van der Waals surface area contributed by atoms with Crippen LogP contribution in [0.1, 0.15) is 39.0 Å². The number of benzene rings is 1. The maximum absolute atomic E-state index is 5.91. The molecule has 0 spiro atoms. The lowest BCUT2D eigenvalue weighted by atomic mass is 9.91. The maximum Gasteiger partial charge on any atom is 0.137 e. The molecule has 3 heterocycles. The summed E-state index contributed by atoms with van der Waals surface area (Å²) < 4.78 is 0. The molecule has 0 radical (unpaired) electrons. The normalized spacial score (nSPS) is 14.9. The first kappa shape index (κ1) is 17.5. The molecule has 0 amide bonds. The number of rotatable bonds is 1. The van der Waals surface area contributed by atoms with Crippen LogP contribution in [0.3, 0.4) is 0 Å². The highest BCUT2D eigenvalue weighted by molar-refractivity contribution is 5.92. The van der Waals surface area contributed by atoms with Gasteiger partial charge in [-0.25, -0.2) is 15.0 Å². The standard InChI is InChI=1S/C15H11N5.C7H14/c16-14-12-6-9(1-2-13(12)19-8-20-14)11-5-10-3-4-17-15(10)18-7-11;1-7-5-3-2-4-6-7/h1-8H,(H,17,18)(H2,16,19,20);7H,2-6H2,1H3. The number of aromatic amines is 1. The van der Waals surface area contributed by atoms with Crippen molar-refractivity contribution in [2.75, 3.05) is 5.73 Å². The van der Waals surface area contributed by atoms with E-state index in [1.165, 1.54) is 38.4 Å². The van der Waals surface area contributed by atoms with Crippen molar-refractivity contribution in [3.8, 4) is 11.1 Å². The fraction of sp³-hybridized carbons (Fsp3) is 0.318. The van der Waals surface area contributed by atoms with Gasteiger partial charge in [0.15, 0.2) is 0 Å². The molecule has 1 aliphatic rings. The quantitative estimate of drug-likeness (QED) is 0.480. The predicted octanol–water partition coefficient (Wildman–Crippen LogP) is 5.34. The van der Waals surface area contributed by atoms with Gasteiger partial charge in [0.2, 0.25) is 0 Å². The number of aromatic nitrogens is 4. The van der Waals surface area contributed by atoms with Crippen LogP contribution in [0.25, 0.3) is 33.1 Å². The van der Waals surface area contributed by atoms with Crippen LogP contribution >= 0.6 is 0 Å². The molecule has 1 aliphatic carbocycles. The van der Waals surface area contributed by atoms with Gasteiger partial charge in [-0.15, -0.1) is 0 Å². The van der Waals surface area contributed by atoms with Crippen LogP contribution in [0.2, 0.25) is 0 Å². The second kappa shape index (κ2) is 7.74. The number of nitrogens with zero attached hydrogens (tertiary/aromatic N) is 3. The average molecular weight is 359 g/mol. The van der Waals surface area contributed by atoms with Gasteiger partial charge in [-0.3, -0.25) is 0 Å². The zero-order chi connectivity index (χ0) is 18.6. The first-order chi connectivity index (χ1) is 13.2. The third kappa shape index (κ3) is 3.92. The Morgan fingerprint density at radius 2 is 1.81 bits per heavy atom. The van der Waals surface area contributed by atoms with E-state index in [-0.39, 0.29) is 0 Å². The van der Waals surface area contributed by atoms with E-state index in [9.17, 15) is 0 Å². The van der Waals surface area contributed by atoms with Crippen molar-refractivity contribution in [1.29, 1.82) is 0 Å². The fourth-order valence-corrected chi connectivity index (χ4v) is 3.66. The summed E-state index contributed by atoms with van der Waals surface area (Å²) in [4.78, 5) is 15.7. The number of H-pyrrole nitrogens is 1. The number of nitrogens with one attached hydrogen (secondary N) is 1. The fourth-order valence-electron chi connectivity index (χ4n) is 3.66. The third-order valence-corrected chi connectivity index (χ3v) is 5.29. The van der Waals surface area contributed by atoms with Gasteiger partial charge in [-0.2, -0.15) is 0 Å². The Labute approximate surface area is 159 Å². The summed E-state index contributed by atoms with van der Waals surface area (Å²) in [5.41, 5.74) is 9.73. The summed E-state index contributed by atoms with van der Waals surface area (Å²) in [6.07, 6.45) is 12.6. The molecular formula is C22H25N5. The van der Waals surface area contributed by atoms with Crippen LogP contribution in [0.4, 0.5) is 5.82 Å². The van der Waals surface area contributed by atoms with Gasteiger partial charge in [0.05, 0.1) is 5.52 Å². The van der Waals surface area contributed by atoms with Gasteiger partial charge < -0.3 is 10.7 Å². The van der Waals surface area contributed by atoms with E-state index in [1.807, 2.05) is 36.7 Å². The first-order valence-electron chi connectivity index (χ1n) is 9.64. The van der Waals surface area contributed by atoms with Crippen molar-refractivity contribution in [2.24, 2.45) is 5.92 Å². The Balaban J connectivity index is 0.000000218. The number of pyridine rings is 1. The molecule has 0 bridgehead atoms. The van der Waals surface area contributed by atoms with Gasteiger partial charge >= 0.3 is 0 Å². The minimum absolute atomic E-state index is 0.493. The Bertz CT molecular complexity index is 1050. The second-order valence-electron chi connectivity index (χ2n) is 7.37. The molecule has 3 aromatic heterocycles.